The molecule has 0 fully saturated rings. The molecule has 2 N–H and O–H groups in total. The highest BCUT2D eigenvalue weighted by Gasteiger charge is 2.35. The van der Waals surface area contributed by atoms with Gasteiger partial charge in [0.05, 0.1) is 37.5 Å². The lowest BCUT2D eigenvalue weighted by molar-refractivity contribution is -0.145. The van der Waals surface area contributed by atoms with Gasteiger partial charge in [-0.2, -0.15) is 0 Å². The van der Waals surface area contributed by atoms with Crippen molar-refractivity contribution in [2.24, 2.45) is 0 Å². The zero-order valence-electron chi connectivity index (χ0n) is 23.6. The summed E-state index contributed by atoms with van der Waals surface area (Å²) >= 11 is 13.4. The number of methoxy groups -OCH3 is 2. The Hall–Kier alpha value is -3.58. The first-order valence-corrected chi connectivity index (χ1v) is 14.2. The van der Waals surface area contributed by atoms with Gasteiger partial charge in [-0.05, 0) is 34.4 Å². The number of carboxylic acid groups (broad SMARTS) is 2. The number of hydrogen-bond donors (Lipinski definition) is 2. The second-order valence-corrected chi connectivity index (χ2v) is 10.8. The van der Waals surface area contributed by atoms with E-state index in [9.17, 15) is 29.4 Å². The lowest BCUT2D eigenvalue weighted by atomic mass is 10.1. The van der Waals surface area contributed by atoms with E-state index in [4.69, 9.17) is 42.1 Å². The summed E-state index contributed by atoms with van der Waals surface area (Å²) in [5, 5.41) is 19.7. The maximum absolute atomic E-state index is 11.7. The minimum atomic E-state index is -1.08. The van der Waals surface area contributed by atoms with Crippen molar-refractivity contribution in [3.05, 3.63) is 44.4 Å². The molecule has 12 nitrogen and oxygen atoms in total. The van der Waals surface area contributed by atoms with Crippen molar-refractivity contribution >= 4 is 47.7 Å². The summed E-state index contributed by atoms with van der Waals surface area (Å²) in [5.74, 6) is -0.725. The number of fused-ring (bicyclic) bond motifs is 2. The molecule has 0 amide bonds. The largest absolute Gasteiger partial charge is 0.493 e. The summed E-state index contributed by atoms with van der Waals surface area (Å²) in [6, 6.07) is 1.59. The summed E-state index contributed by atoms with van der Waals surface area (Å²) < 4.78 is 22.9. The molecular formula is C29H32Cl2N2O10. The summed E-state index contributed by atoms with van der Waals surface area (Å²) in [4.78, 5) is 48.7. The van der Waals surface area contributed by atoms with Crippen LogP contribution in [0.25, 0.3) is 0 Å². The van der Waals surface area contributed by atoms with Gasteiger partial charge in [0.25, 0.3) is 0 Å². The molecule has 43 heavy (non-hydrogen) atoms. The van der Waals surface area contributed by atoms with Crippen molar-refractivity contribution in [3.8, 4) is 23.0 Å². The van der Waals surface area contributed by atoms with Crippen molar-refractivity contribution in [2.75, 3.05) is 27.4 Å². The minimum absolute atomic E-state index is 0.137. The number of hydrogen-bond acceptors (Lipinski definition) is 10. The van der Waals surface area contributed by atoms with Crippen LogP contribution in [0.3, 0.4) is 0 Å². The van der Waals surface area contributed by atoms with Gasteiger partial charge >= 0.3 is 11.9 Å². The van der Waals surface area contributed by atoms with E-state index in [2.05, 4.69) is 0 Å². The van der Waals surface area contributed by atoms with E-state index in [-0.39, 0.29) is 39.1 Å². The predicted octanol–water partition coefficient (Wildman–Crippen LogP) is 3.57. The van der Waals surface area contributed by atoms with Crippen LogP contribution in [0.5, 0.6) is 23.0 Å². The highest BCUT2D eigenvalue weighted by atomic mass is 35.5. The molecule has 4 rings (SSSR count). The Bertz CT molecular complexity index is 1300. The predicted molar refractivity (Wildman–Crippen MR) is 154 cm³/mol. The normalized spacial score (nSPS) is 15.7. The molecule has 2 aliphatic rings. The Kier molecular flexibility index (Phi) is 10.7. The number of ether oxygens (including phenoxy) is 4. The van der Waals surface area contributed by atoms with E-state index < -0.39 is 24.0 Å². The summed E-state index contributed by atoms with van der Waals surface area (Å²) in [5.41, 5.74) is 3.03. The lowest BCUT2D eigenvalue weighted by Gasteiger charge is -2.21. The van der Waals surface area contributed by atoms with Crippen LogP contribution in [0, 0.1) is 0 Å². The second kappa shape index (κ2) is 14.3. The minimum Gasteiger partial charge on any atom is -0.493 e. The molecule has 0 radical (unpaired) electrons. The number of carbonyl (C=O) groups excluding carboxylic acids is 2. The van der Waals surface area contributed by atoms with Gasteiger partial charge in [-0.3, -0.25) is 19.4 Å². The first-order valence-electron chi connectivity index (χ1n) is 13.5. The zero-order chi connectivity index (χ0) is 31.3. The molecule has 2 aromatic carbocycles. The molecule has 0 bridgehead atoms. The molecule has 0 aromatic heterocycles. The molecule has 0 saturated carbocycles. The van der Waals surface area contributed by atoms with Crippen molar-refractivity contribution in [2.45, 2.75) is 57.5 Å². The summed E-state index contributed by atoms with van der Waals surface area (Å²) in [6.07, 6.45) is 1.33. The smallest absolute Gasteiger partial charge is 0.321 e. The molecule has 0 aliphatic carbocycles. The van der Waals surface area contributed by atoms with E-state index in [1.54, 1.807) is 21.9 Å². The number of rotatable bonds is 16. The Balaban J connectivity index is 1.40. The first-order chi connectivity index (χ1) is 20.6. The Morgan fingerprint density at radius 2 is 1.19 bits per heavy atom. The highest BCUT2D eigenvalue weighted by molar-refractivity contribution is 6.33. The van der Waals surface area contributed by atoms with E-state index in [0.29, 0.717) is 76.3 Å². The van der Waals surface area contributed by atoms with E-state index in [0.717, 1.165) is 11.1 Å². The van der Waals surface area contributed by atoms with Gasteiger partial charge in [0, 0.05) is 45.4 Å². The number of carboxylic acids is 2. The van der Waals surface area contributed by atoms with Gasteiger partial charge in [-0.1, -0.05) is 23.2 Å². The van der Waals surface area contributed by atoms with E-state index >= 15 is 0 Å². The topological polar surface area (TPSA) is 152 Å². The van der Waals surface area contributed by atoms with E-state index in [1.165, 1.54) is 14.2 Å². The monoisotopic (exact) mass is 638 g/mol. The molecule has 2 atom stereocenters. The van der Waals surface area contributed by atoms with Gasteiger partial charge in [-0.15, -0.1) is 0 Å². The molecule has 2 unspecified atom stereocenters. The number of carbonyl (C=O) groups is 4. The first kappa shape index (κ1) is 32.3. The van der Waals surface area contributed by atoms with Crippen molar-refractivity contribution < 1.29 is 48.3 Å². The Morgan fingerprint density at radius 3 is 1.51 bits per heavy atom. The van der Waals surface area contributed by atoms with Crippen LogP contribution in [-0.4, -0.2) is 84.0 Å². The standard InChI is InChI=1S/C29H32Cl2N2O10/c1-40-22-10-16-12-32(20(4-6-34)28(36)37)14-18(16)24(30)26(22)42-8-3-9-43-27-23(41-2)11-17-13-33(15-19(17)25(27)31)21(5-7-35)29(38)39/h6-7,10-11,20-21H,3-5,8-9,12-15H2,1-2H3,(H,36,37)(H,38,39). The molecule has 0 saturated heterocycles. The third kappa shape index (κ3) is 6.82. The van der Waals surface area contributed by atoms with Crippen LogP contribution in [-0.2, 0) is 45.4 Å². The maximum Gasteiger partial charge on any atom is 0.321 e. The third-order valence-corrected chi connectivity index (χ3v) is 8.34. The SMILES string of the molecule is COc1cc2c(c(Cl)c1OCCCOc1c(OC)cc3c(c1Cl)CN(C(CC=O)C(=O)O)C3)CN(C(CC=O)C(=O)O)C2. The number of aldehydes is 2. The third-order valence-electron chi connectivity index (χ3n) is 7.54. The van der Waals surface area contributed by atoms with Crippen LogP contribution in [0.15, 0.2) is 12.1 Å². The summed E-state index contributed by atoms with van der Waals surface area (Å²) in [6.45, 7) is 1.51. The number of nitrogens with zero attached hydrogens (tertiary/aromatic N) is 2. The molecule has 0 spiro atoms. The maximum atomic E-state index is 11.7. The van der Waals surface area contributed by atoms with Gasteiger partial charge in [0.2, 0.25) is 0 Å². The van der Waals surface area contributed by atoms with E-state index in [1.807, 2.05) is 0 Å². The van der Waals surface area contributed by atoms with Gasteiger partial charge in [-0.25, -0.2) is 0 Å². The van der Waals surface area contributed by atoms with Crippen LogP contribution >= 0.6 is 23.2 Å². The lowest BCUT2D eigenvalue weighted by Crippen LogP contribution is -2.37. The summed E-state index contributed by atoms with van der Waals surface area (Å²) in [7, 11) is 2.96. The number of benzene rings is 2. The van der Waals surface area contributed by atoms with Crippen LogP contribution in [0.4, 0.5) is 0 Å². The molecule has 2 aliphatic heterocycles. The fourth-order valence-electron chi connectivity index (χ4n) is 5.39. The second-order valence-electron chi connectivity index (χ2n) is 10.1. The fraction of sp³-hybridized carbons (Fsp3) is 0.448. The molecule has 232 valence electrons. The number of aliphatic carboxylic acids is 2. The average molecular weight is 639 g/mol. The van der Waals surface area contributed by atoms with Gasteiger partial charge in [0.15, 0.2) is 23.0 Å². The van der Waals surface area contributed by atoms with Crippen LogP contribution in [0.1, 0.15) is 41.5 Å². The van der Waals surface area contributed by atoms with Crippen LogP contribution in [0.2, 0.25) is 10.0 Å². The van der Waals surface area contributed by atoms with Crippen molar-refractivity contribution in [1.29, 1.82) is 0 Å². The van der Waals surface area contributed by atoms with Gasteiger partial charge in [0.1, 0.15) is 24.7 Å². The molecule has 2 heterocycles. The highest BCUT2D eigenvalue weighted by Crippen LogP contribution is 2.45. The Morgan fingerprint density at radius 1 is 0.791 bits per heavy atom. The quantitative estimate of drug-likeness (QED) is 0.204. The molecular weight excluding hydrogens is 607 g/mol. The molecule has 2 aromatic rings. The average Bonchev–Trinajstić information content (AvgIpc) is 3.60. The Labute approximate surface area is 257 Å². The number of halogens is 2. The van der Waals surface area contributed by atoms with Crippen molar-refractivity contribution in [1.82, 2.24) is 9.80 Å². The van der Waals surface area contributed by atoms with Gasteiger partial charge < -0.3 is 38.7 Å². The zero-order valence-corrected chi connectivity index (χ0v) is 25.2. The molecule has 14 heteroatoms. The fourth-order valence-corrected chi connectivity index (χ4v) is 6.05. The van der Waals surface area contributed by atoms with Crippen molar-refractivity contribution in [3.63, 3.8) is 0 Å². The van der Waals surface area contributed by atoms with Crippen LogP contribution < -0.4 is 18.9 Å².